The first-order valence-electron chi connectivity index (χ1n) is 14.5. The van der Waals surface area contributed by atoms with Crippen LogP contribution in [0.4, 0.5) is 15.4 Å². The molecule has 0 bridgehead atoms. The number of likely N-dealkylation sites (tertiary alicyclic amines) is 1. The Morgan fingerprint density at radius 3 is 2.20 bits per heavy atom. The van der Waals surface area contributed by atoms with Crippen LogP contribution in [0.15, 0.2) is 60.9 Å². The van der Waals surface area contributed by atoms with Crippen LogP contribution in [0.2, 0.25) is 0 Å². The van der Waals surface area contributed by atoms with Crippen molar-refractivity contribution in [2.24, 2.45) is 0 Å². The maximum Gasteiger partial charge on any atom is 0.413 e. The van der Waals surface area contributed by atoms with Gasteiger partial charge in [-0.2, -0.15) is 0 Å². The molecule has 1 fully saturated rings. The second-order valence-electron chi connectivity index (χ2n) is 12.6. The molecule has 11 nitrogen and oxygen atoms in total. The van der Waals surface area contributed by atoms with Crippen LogP contribution in [0, 0.1) is 0 Å². The molecule has 2 aromatic carbocycles. The van der Waals surface area contributed by atoms with Crippen LogP contribution in [0.5, 0.6) is 11.5 Å². The lowest BCUT2D eigenvalue weighted by Crippen LogP contribution is -2.35. The van der Waals surface area contributed by atoms with Gasteiger partial charge >= 0.3 is 12.2 Å². The van der Waals surface area contributed by atoms with Gasteiger partial charge in [-0.05, 0) is 77.8 Å². The van der Waals surface area contributed by atoms with Crippen molar-refractivity contribution in [1.29, 1.82) is 0 Å². The van der Waals surface area contributed by atoms with Gasteiger partial charge < -0.3 is 23.7 Å². The van der Waals surface area contributed by atoms with Crippen LogP contribution in [-0.4, -0.2) is 62.2 Å². The van der Waals surface area contributed by atoms with Gasteiger partial charge in [-0.25, -0.2) is 19.6 Å². The van der Waals surface area contributed by atoms with Gasteiger partial charge in [0.1, 0.15) is 40.5 Å². The van der Waals surface area contributed by atoms with E-state index in [1.165, 1.54) is 6.33 Å². The smallest absolute Gasteiger partial charge is 0.413 e. The highest BCUT2D eigenvalue weighted by molar-refractivity contribution is 6.10. The molecule has 2 amide bonds. The highest BCUT2D eigenvalue weighted by Gasteiger charge is 2.35. The SMILES string of the molecule is CC(C)(C)OC(=O)Nc1ncnc2c1c(-c1ccc(Oc3ccccc3)cc1)c(C=O)n2C1CCN(C(=O)OC(C)(C)C)C1. The number of para-hydroxylation sites is 1. The second kappa shape index (κ2) is 12.0. The fourth-order valence-electron chi connectivity index (χ4n) is 5.18. The van der Waals surface area contributed by atoms with Crippen LogP contribution < -0.4 is 10.1 Å². The molecule has 44 heavy (non-hydrogen) atoms. The normalized spacial score (nSPS) is 15.2. The molecule has 1 saturated heterocycles. The maximum atomic E-state index is 12.9. The molecule has 1 unspecified atom stereocenters. The number of benzene rings is 2. The van der Waals surface area contributed by atoms with Crippen molar-refractivity contribution in [2.45, 2.75) is 65.2 Å². The quantitative estimate of drug-likeness (QED) is 0.230. The van der Waals surface area contributed by atoms with Gasteiger partial charge in [-0.3, -0.25) is 10.1 Å². The Bertz CT molecular complexity index is 1670. The summed E-state index contributed by atoms with van der Waals surface area (Å²) in [4.78, 5) is 49.1. The van der Waals surface area contributed by atoms with E-state index < -0.39 is 23.4 Å². The van der Waals surface area contributed by atoms with Crippen LogP contribution in [0.25, 0.3) is 22.2 Å². The molecular formula is C33H37N5O6. The minimum Gasteiger partial charge on any atom is -0.457 e. The molecule has 3 heterocycles. The predicted molar refractivity (Wildman–Crippen MR) is 166 cm³/mol. The van der Waals surface area contributed by atoms with E-state index in [0.717, 1.165) is 6.29 Å². The third-order valence-corrected chi connectivity index (χ3v) is 6.85. The zero-order chi connectivity index (χ0) is 31.6. The summed E-state index contributed by atoms with van der Waals surface area (Å²) in [7, 11) is 0. The number of fused-ring (bicyclic) bond motifs is 1. The van der Waals surface area contributed by atoms with Crippen molar-refractivity contribution < 1.29 is 28.6 Å². The topological polar surface area (TPSA) is 125 Å². The van der Waals surface area contributed by atoms with Gasteiger partial charge in [0.25, 0.3) is 0 Å². The molecule has 0 spiro atoms. The molecule has 0 radical (unpaired) electrons. The van der Waals surface area contributed by atoms with Crippen molar-refractivity contribution in [2.75, 3.05) is 18.4 Å². The molecule has 4 aromatic rings. The maximum absolute atomic E-state index is 12.9. The number of nitrogens with one attached hydrogen (secondary N) is 1. The molecule has 2 aromatic heterocycles. The lowest BCUT2D eigenvalue weighted by molar-refractivity contribution is 0.0289. The monoisotopic (exact) mass is 599 g/mol. The minimum absolute atomic E-state index is 0.202. The first kappa shape index (κ1) is 30.5. The molecule has 0 saturated carbocycles. The van der Waals surface area contributed by atoms with E-state index in [9.17, 15) is 14.4 Å². The third kappa shape index (κ3) is 6.82. The number of amides is 2. The highest BCUT2D eigenvalue weighted by Crippen LogP contribution is 2.41. The predicted octanol–water partition coefficient (Wildman–Crippen LogP) is 7.23. The lowest BCUT2D eigenvalue weighted by atomic mass is 10.0. The first-order chi connectivity index (χ1) is 20.8. The van der Waals surface area contributed by atoms with Crippen molar-refractivity contribution in [3.05, 3.63) is 66.6 Å². The Labute approximate surface area is 256 Å². The van der Waals surface area contributed by atoms with Crippen LogP contribution in [-0.2, 0) is 9.47 Å². The summed E-state index contributed by atoms with van der Waals surface area (Å²) in [5.74, 6) is 1.51. The van der Waals surface area contributed by atoms with Crippen molar-refractivity contribution >= 4 is 35.3 Å². The molecule has 11 heteroatoms. The Kier molecular flexibility index (Phi) is 8.31. The highest BCUT2D eigenvalue weighted by atomic mass is 16.6. The van der Waals surface area contributed by atoms with Gasteiger partial charge in [-0.1, -0.05) is 30.3 Å². The number of aldehydes is 1. The molecular weight excluding hydrogens is 562 g/mol. The summed E-state index contributed by atoms with van der Waals surface area (Å²) in [5.41, 5.74) is 0.665. The fraction of sp³-hybridized carbons (Fsp3) is 0.364. The molecule has 1 atom stereocenters. The van der Waals surface area contributed by atoms with E-state index in [0.29, 0.717) is 58.9 Å². The third-order valence-electron chi connectivity index (χ3n) is 6.85. The molecule has 1 aliphatic rings. The van der Waals surface area contributed by atoms with Crippen molar-refractivity contribution in [1.82, 2.24) is 19.4 Å². The Morgan fingerprint density at radius 2 is 1.57 bits per heavy atom. The van der Waals surface area contributed by atoms with E-state index in [1.807, 2.05) is 79.9 Å². The molecule has 230 valence electrons. The fourth-order valence-corrected chi connectivity index (χ4v) is 5.18. The van der Waals surface area contributed by atoms with Crippen molar-refractivity contribution in [3.8, 4) is 22.6 Å². The molecule has 5 rings (SSSR count). The second-order valence-corrected chi connectivity index (χ2v) is 12.6. The summed E-state index contributed by atoms with van der Waals surface area (Å²) in [6.45, 7) is 11.5. The number of carbonyl (C=O) groups is 3. The number of anilines is 1. The number of rotatable bonds is 6. The molecule has 1 aliphatic heterocycles. The number of ether oxygens (including phenoxy) is 3. The molecule has 1 N–H and O–H groups in total. The summed E-state index contributed by atoms with van der Waals surface area (Å²) >= 11 is 0. The summed E-state index contributed by atoms with van der Waals surface area (Å²) in [6, 6.07) is 16.4. The van der Waals surface area contributed by atoms with Crippen LogP contribution in [0.1, 0.15) is 64.5 Å². The number of aromatic nitrogens is 3. The van der Waals surface area contributed by atoms with E-state index in [2.05, 4.69) is 15.3 Å². The van der Waals surface area contributed by atoms with Gasteiger partial charge in [0.05, 0.1) is 17.1 Å². The zero-order valence-corrected chi connectivity index (χ0v) is 25.8. The van der Waals surface area contributed by atoms with E-state index in [1.54, 1.807) is 25.7 Å². The summed E-state index contributed by atoms with van der Waals surface area (Å²) in [5, 5.41) is 3.23. The number of carbonyl (C=O) groups excluding carboxylic acids is 3. The average molecular weight is 600 g/mol. The molecule has 0 aliphatic carbocycles. The lowest BCUT2D eigenvalue weighted by Gasteiger charge is -2.24. The Hall–Kier alpha value is -4.93. The van der Waals surface area contributed by atoms with Gasteiger partial charge in [0.2, 0.25) is 0 Å². The van der Waals surface area contributed by atoms with E-state index >= 15 is 0 Å². The first-order valence-corrected chi connectivity index (χ1v) is 14.5. The number of nitrogens with zero attached hydrogens (tertiary/aromatic N) is 4. The van der Waals surface area contributed by atoms with Crippen LogP contribution >= 0.6 is 0 Å². The summed E-state index contributed by atoms with van der Waals surface area (Å²) < 4.78 is 18.9. The van der Waals surface area contributed by atoms with Crippen LogP contribution in [0.3, 0.4) is 0 Å². The number of hydrogen-bond donors (Lipinski definition) is 1. The van der Waals surface area contributed by atoms with E-state index in [-0.39, 0.29) is 11.9 Å². The van der Waals surface area contributed by atoms with E-state index in [4.69, 9.17) is 14.2 Å². The minimum atomic E-state index is -0.734. The largest absolute Gasteiger partial charge is 0.457 e. The standard InChI is InChI=1S/C33H37N5O6/c1-32(2,3)43-30(40)36-28-27-26(21-12-14-24(15-13-21)42-23-10-8-7-9-11-23)25(19-39)38(29(27)35-20-34-28)22-16-17-37(18-22)31(41)44-33(4,5)6/h7-15,19-20,22H,16-18H2,1-6H3,(H,34,35,36,40). The zero-order valence-electron chi connectivity index (χ0n) is 25.8. The van der Waals surface area contributed by atoms with Gasteiger partial charge in [0.15, 0.2) is 6.29 Å². The van der Waals surface area contributed by atoms with Crippen molar-refractivity contribution in [3.63, 3.8) is 0 Å². The van der Waals surface area contributed by atoms with Gasteiger partial charge in [-0.15, -0.1) is 0 Å². The summed E-state index contributed by atoms with van der Waals surface area (Å²) in [6.07, 6.45) is 1.58. The average Bonchev–Trinajstić information content (AvgIpc) is 3.55. The number of hydrogen-bond acceptors (Lipinski definition) is 8. The van der Waals surface area contributed by atoms with Gasteiger partial charge in [0, 0.05) is 18.7 Å². The Morgan fingerprint density at radius 1 is 0.909 bits per heavy atom. The Balaban J connectivity index is 1.59.